The summed E-state index contributed by atoms with van der Waals surface area (Å²) in [6.07, 6.45) is 1.95. The largest absolute Gasteiger partial charge is 0.376 e. The van der Waals surface area contributed by atoms with Crippen LogP contribution in [0.1, 0.15) is 42.8 Å². The molecule has 1 N–H and O–H groups in total. The van der Waals surface area contributed by atoms with E-state index in [9.17, 15) is 4.79 Å². The van der Waals surface area contributed by atoms with Crippen molar-refractivity contribution >= 4 is 23.2 Å². The maximum absolute atomic E-state index is 13.1. The van der Waals surface area contributed by atoms with E-state index >= 15 is 0 Å². The summed E-state index contributed by atoms with van der Waals surface area (Å²) in [6, 6.07) is 14.7. The van der Waals surface area contributed by atoms with Crippen molar-refractivity contribution in [1.82, 2.24) is 20.4 Å². The summed E-state index contributed by atoms with van der Waals surface area (Å²) >= 11 is 6.26. The summed E-state index contributed by atoms with van der Waals surface area (Å²) < 4.78 is 11.5. The number of aromatic nitrogens is 2. The lowest BCUT2D eigenvalue weighted by molar-refractivity contribution is 0.0877. The van der Waals surface area contributed by atoms with Gasteiger partial charge in [-0.25, -0.2) is 4.79 Å². The number of benzene rings is 2. The van der Waals surface area contributed by atoms with Crippen molar-refractivity contribution in [3.8, 4) is 11.4 Å². The molecule has 170 valence electrons. The Hall–Kier alpha value is -3.16. The molecule has 3 aromatic rings. The van der Waals surface area contributed by atoms with Gasteiger partial charge in [0.2, 0.25) is 5.82 Å². The highest BCUT2D eigenvalue weighted by atomic mass is 35.5. The van der Waals surface area contributed by atoms with Gasteiger partial charge < -0.3 is 14.6 Å². The van der Waals surface area contributed by atoms with Gasteiger partial charge in [0.25, 0.3) is 5.89 Å². The van der Waals surface area contributed by atoms with Crippen LogP contribution in [0.4, 0.5) is 4.79 Å². The number of rotatable bonds is 5. The van der Waals surface area contributed by atoms with Gasteiger partial charge >= 0.3 is 6.03 Å². The van der Waals surface area contributed by atoms with Crippen LogP contribution in [0.15, 0.2) is 58.8 Å². The first kappa shape index (κ1) is 21.7. The number of carbonyl (C=O) groups excluding carboxylic acids is 1. The predicted octanol–water partition coefficient (Wildman–Crippen LogP) is 5.37. The molecule has 0 saturated carbocycles. The van der Waals surface area contributed by atoms with Crippen molar-refractivity contribution in [1.29, 1.82) is 0 Å². The predicted molar refractivity (Wildman–Crippen MR) is 125 cm³/mol. The third kappa shape index (κ3) is 4.38. The molecule has 0 bridgehead atoms. The molecule has 0 aliphatic carbocycles. The maximum Gasteiger partial charge on any atom is 0.322 e. The van der Waals surface area contributed by atoms with Crippen molar-refractivity contribution in [2.24, 2.45) is 0 Å². The molecule has 2 amide bonds. The van der Waals surface area contributed by atoms with Gasteiger partial charge in [-0.2, -0.15) is 4.98 Å². The van der Waals surface area contributed by atoms with Crippen LogP contribution in [0.5, 0.6) is 0 Å². The van der Waals surface area contributed by atoms with E-state index in [1.165, 1.54) is 0 Å². The van der Waals surface area contributed by atoms with Crippen molar-refractivity contribution < 1.29 is 14.1 Å². The van der Waals surface area contributed by atoms with E-state index in [1.807, 2.05) is 56.3 Å². The fraction of sp³-hybridized carbons (Fsp3) is 0.320. The van der Waals surface area contributed by atoms with Crippen LogP contribution in [-0.2, 0) is 4.74 Å². The monoisotopic (exact) mass is 464 g/mol. The standard InChI is InChI=1S/C25H25ClN4O3/c1-15-6-3-8-18(12-15)23-28-24(33-29-23)21-16(2)30(14-20-10-5-11-32-20)25(31)27-22(21)17-7-4-9-19(26)13-17/h3-4,6-9,12-13,20,22H,5,10-11,14H2,1-2H3,(H,27,31). The summed E-state index contributed by atoms with van der Waals surface area (Å²) in [5.41, 5.74) is 4.34. The maximum atomic E-state index is 13.1. The lowest BCUT2D eigenvalue weighted by Crippen LogP contribution is -2.48. The molecule has 8 heteroatoms. The number of hydrogen-bond donors (Lipinski definition) is 1. The smallest absolute Gasteiger partial charge is 0.322 e. The van der Waals surface area contributed by atoms with E-state index in [4.69, 9.17) is 25.8 Å². The number of nitrogens with zero attached hydrogens (tertiary/aromatic N) is 3. The minimum atomic E-state index is -0.470. The van der Waals surface area contributed by atoms with Crippen LogP contribution in [0.25, 0.3) is 17.0 Å². The molecular weight excluding hydrogens is 440 g/mol. The number of urea groups is 1. The molecular formula is C25H25ClN4O3. The Morgan fingerprint density at radius 3 is 2.79 bits per heavy atom. The van der Waals surface area contributed by atoms with E-state index in [-0.39, 0.29) is 12.1 Å². The summed E-state index contributed by atoms with van der Waals surface area (Å²) in [7, 11) is 0. The molecule has 3 heterocycles. The van der Waals surface area contributed by atoms with Gasteiger partial charge in [-0.15, -0.1) is 0 Å². The van der Waals surface area contributed by atoms with E-state index in [0.717, 1.165) is 47.4 Å². The van der Waals surface area contributed by atoms with E-state index in [1.54, 1.807) is 11.0 Å². The Bertz CT molecular complexity index is 1220. The second-order valence-corrected chi connectivity index (χ2v) is 8.91. The first-order valence-electron chi connectivity index (χ1n) is 11.1. The molecule has 1 saturated heterocycles. The zero-order valence-electron chi connectivity index (χ0n) is 18.5. The summed E-state index contributed by atoms with van der Waals surface area (Å²) in [4.78, 5) is 19.5. The van der Waals surface area contributed by atoms with Gasteiger partial charge in [-0.1, -0.05) is 52.7 Å². The van der Waals surface area contributed by atoms with Gasteiger partial charge in [0, 0.05) is 22.9 Å². The summed E-state index contributed by atoms with van der Waals surface area (Å²) in [6.45, 7) is 5.13. The van der Waals surface area contributed by atoms with E-state index in [0.29, 0.717) is 23.3 Å². The number of amides is 2. The zero-order chi connectivity index (χ0) is 22.9. The van der Waals surface area contributed by atoms with Gasteiger partial charge in [-0.3, -0.25) is 4.90 Å². The second kappa shape index (κ2) is 9.00. The Kier molecular flexibility index (Phi) is 5.91. The molecule has 2 aliphatic heterocycles. The summed E-state index contributed by atoms with van der Waals surface area (Å²) in [5, 5.41) is 7.93. The molecule has 2 atom stereocenters. The third-order valence-electron chi connectivity index (χ3n) is 6.12. The third-order valence-corrected chi connectivity index (χ3v) is 6.36. The van der Waals surface area contributed by atoms with Crippen LogP contribution in [0.3, 0.4) is 0 Å². The van der Waals surface area contributed by atoms with Gasteiger partial charge in [0.1, 0.15) is 0 Å². The number of aryl methyl sites for hydroxylation is 1. The average Bonchev–Trinajstić information content (AvgIpc) is 3.49. The normalized spacial score (nSPS) is 20.9. The molecule has 7 nitrogen and oxygen atoms in total. The molecule has 5 rings (SSSR count). The number of carbonyl (C=O) groups is 1. The van der Waals surface area contributed by atoms with Gasteiger partial charge in [-0.05, 0) is 50.5 Å². The Balaban J connectivity index is 1.58. The number of hydrogen-bond acceptors (Lipinski definition) is 5. The summed E-state index contributed by atoms with van der Waals surface area (Å²) in [5.74, 6) is 0.868. The van der Waals surface area contributed by atoms with Gasteiger partial charge in [0.05, 0.1) is 24.3 Å². The van der Waals surface area contributed by atoms with Crippen LogP contribution < -0.4 is 5.32 Å². The number of nitrogens with one attached hydrogen (secondary N) is 1. The topological polar surface area (TPSA) is 80.5 Å². The van der Waals surface area contributed by atoms with Crippen molar-refractivity contribution in [3.05, 3.63) is 76.3 Å². The van der Waals surface area contributed by atoms with E-state index in [2.05, 4.69) is 10.5 Å². The minimum Gasteiger partial charge on any atom is -0.376 e. The van der Waals surface area contributed by atoms with E-state index < -0.39 is 6.04 Å². The highest BCUT2D eigenvalue weighted by Crippen LogP contribution is 2.38. The SMILES string of the molecule is CC1=C(c2nc(-c3cccc(C)c3)no2)C(c2cccc(Cl)c2)NC(=O)N1CC1CCCO1. The Morgan fingerprint density at radius 1 is 1.18 bits per heavy atom. The number of allylic oxidation sites excluding steroid dienone is 1. The Labute approximate surface area is 197 Å². The average molecular weight is 465 g/mol. The zero-order valence-corrected chi connectivity index (χ0v) is 19.3. The van der Waals surface area contributed by atoms with Crippen LogP contribution in [-0.4, -0.2) is 40.3 Å². The molecule has 0 radical (unpaired) electrons. The van der Waals surface area contributed by atoms with Crippen molar-refractivity contribution in [2.75, 3.05) is 13.2 Å². The van der Waals surface area contributed by atoms with Crippen LogP contribution in [0.2, 0.25) is 5.02 Å². The molecule has 2 aromatic carbocycles. The highest BCUT2D eigenvalue weighted by Gasteiger charge is 2.37. The first-order chi connectivity index (χ1) is 16.0. The molecule has 1 aromatic heterocycles. The van der Waals surface area contributed by atoms with Gasteiger partial charge in [0.15, 0.2) is 0 Å². The second-order valence-electron chi connectivity index (χ2n) is 8.47. The minimum absolute atomic E-state index is 0.0141. The molecule has 2 unspecified atom stereocenters. The highest BCUT2D eigenvalue weighted by molar-refractivity contribution is 6.30. The Morgan fingerprint density at radius 2 is 2.03 bits per heavy atom. The lowest BCUT2D eigenvalue weighted by Gasteiger charge is -2.36. The first-order valence-corrected chi connectivity index (χ1v) is 11.4. The molecule has 33 heavy (non-hydrogen) atoms. The lowest BCUT2D eigenvalue weighted by atomic mass is 9.94. The number of ether oxygens (including phenoxy) is 1. The molecule has 0 spiro atoms. The number of halogens is 1. The molecule has 1 fully saturated rings. The van der Waals surface area contributed by atoms with Crippen molar-refractivity contribution in [3.63, 3.8) is 0 Å². The molecule has 2 aliphatic rings. The van der Waals surface area contributed by atoms with Crippen LogP contribution >= 0.6 is 11.6 Å². The fourth-order valence-electron chi connectivity index (χ4n) is 4.44. The van der Waals surface area contributed by atoms with Crippen molar-refractivity contribution in [2.45, 2.75) is 38.8 Å². The quantitative estimate of drug-likeness (QED) is 0.548. The van der Waals surface area contributed by atoms with Crippen LogP contribution in [0, 0.1) is 6.92 Å². The fourth-order valence-corrected chi connectivity index (χ4v) is 4.64.